The number of ether oxygens (including phenoxy) is 1. The summed E-state index contributed by atoms with van der Waals surface area (Å²) in [6, 6.07) is 5.25. The van der Waals surface area contributed by atoms with Crippen LogP contribution in [0.4, 0.5) is 5.69 Å². The highest BCUT2D eigenvalue weighted by atomic mass is 79.9. The molecule has 1 heterocycles. The molecule has 1 N–H and O–H groups in total. The molecule has 4 nitrogen and oxygen atoms in total. The summed E-state index contributed by atoms with van der Waals surface area (Å²) in [7, 11) is 0. The molecule has 0 bridgehead atoms. The number of aromatic carboxylic acids is 1. The quantitative estimate of drug-likeness (QED) is 0.893. The van der Waals surface area contributed by atoms with Crippen molar-refractivity contribution in [3.05, 3.63) is 28.2 Å². The highest BCUT2D eigenvalue weighted by Crippen LogP contribution is 2.34. The normalized spacial score (nSPS) is 20.8. The molecule has 0 atom stereocenters. The minimum absolute atomic E-state index is 0.320. The van der Waals surface area contributed by atoms with Crippen molar-refractivity contribution >= 4 is 27.6 Å². The second kappa shape index (κ2) is 5.04. The molecular weight excluding hydrogens is 322 g/mol. The maximum Gasteiger partial charge on any atom is 0.337 e. The van der Waals surface area contributed by atoms with E-state index in [1.807, 2.05) is 33.8 Å². The van der Waals surface area contributed by atoms with Crippen LogP contribution in [-0.2, 0) is 4.74 Å². The van der Waals surface area contributed by atoms with Crippen LogP contribution < -0.4 is 4.90 Å². The van der Waals surface area contributed by atoms with Crippen molar-refractivity contribution in [3.63, 3.8) is 0 Å². The van der Waals surface area contributed by atoms with E-state index in [1.54, 1.807) is 12.1 Å². The average Bonchev–Trinajstić information content (AvgIpc) is 2.24. The standard InChI is InChI=1S/C15H20BrNO3/c1-14(2)8-17(9-15(3,4)20-14)12-7-10(16)5-6-11(12)13(18)19/h5-7H,8-9H2,1-4H3,(H,18,19). The van der Waals surface area contributed by atoms with Crippen LogP contribution in [0.15, 0.2) is 22.7 Å². The van der Waals surface area contributed by atoms with Crippen molar-refractivity contribution in [1.82, 2.24) is 0 Å². The van der Waals surface area contributed by atoms with Crippen molar-refractivity contribution in [3.8, 4) is 0 Å². The number of rotatable bonds is 2. The topological polar surface area (TPSA) is 49.8 Å². The Bertz CT molecular complexity index is 524. The molecule has 1 aliphatic heterocycles. The van der Waals surface area contributed by atoms with Crippen molar-refractivity contribution in [1.29, 1.82) is 0 Å². The van der Waals surface area contributed by atoms with E-state index in [0.717, 1.165) is 10.2 Å². The third-order valence-electron chi connectivity index (χ3n) is 3.23. The summed E-state index contributed by atoms with van der Waals surface area (Å²) >= 11 is 3.42. The van der Waals surface area contributed by atoms with Gasteiger partial charge in [-0.25, -0.2) is 4.79 Å². The Balaban J connectivity index is 2.45. The second-order valence-electron chi connectivity index (χ2n) is 6.44. The van der Waals surface area contributed by atoms with E-state index >= 15 is 0 Å². The zero-order valence-electron chi connectivity index (χ0n) is 12.2. The van der Waals surface area contributed by atoms with Crippen molar-refractivity contribution in [2.75, 3.05) is 18.0 Å². The fourth-order valence-corrected chi connectivity index (χ4v) is 3.25. The van der Waals surface area contributed by atoms with Crippen LogP contribution >= 0.6 is 15.9 Å². The monoisotopic (exact) mass is 341 g/mol. The molecule has 0 saturated carbocycles. The predicted octanol–water partition coefficient (Wildman–Crippen LogP) is 3.54. The molecular formula is C15H20BrNO3. The smallest absolute Gasteiger partial charge is 0.337 e. The Hall–Kier alpha value is -1.07. The minimum atomic E-state index is -0.908. The van der Waals surface area contributed by atoms with Gasteiger partial charge in [0, 0.05) is 17.6 Å². The number of carboxylic acid groups (broad SMARTS) is 1. The van der Waals surface area contributed by atoms with Gasteiger partial charge in [0.1, 0.15) is 0 Å². The van der Waals surface area contributed by atoms with Crippen molar-refractivity contribution in [2.24, 2.45) is 0 Å². The molecule has 110 valence electrons. The zero-order chi connectivity index (χ0) is 15.1. The summed E-state index contributed by atoms with van der Waals surface area (Å²) in [6.45, 7) is 9.43. The van der Waals surface area contributed by atoms with Gasteiger partial charge in [0.15, 0.2) is 0 Å². The van der Waals surface area contributed by atoms with Gasteiger partial charge in [-0.1, -0.05) is 15.9 Å². The van der Waals surface area contributed by atoms with E-state index in [4.69, 9.17) is 4.74 Å². The van der Waals surface area contributed by atoms with Gasteiger partial charge in [-0.3, -0.25) is 0 Å². The van der Waals surface area contributed by atoms with Gasteiger partial charge in [0.05, 0.1) is 22.5 Å². The SMILES string of the molecule is CC1(C)CN(c2cc(Br)ccc2C(=O)O)CC(C)(C)O1. The molecule has 0 aliphatic carbocycles. The molecule has 1 aromatic rings. The van der Waals surface area contributed by atoms with E-state index in [2.05, 4.69) is 20.8 Å². The van der Waals surface area contributed by atoms with E-state index < -0.39 is 5.97 Å². The second-order valence-corrected chi connectivity index (χ2v) is 7.36. The van der Waals surface area contributed by atoms with Crippen LogP contribution in [0.3, 0.4) is 0 Å². The lowest BCUT2D eigenvalue weighted by Gasteiger charge is -2.48. The van der Waals surface area contributed by atoms with Crippen LogP contribution in [0.2, 0.25) is 0 Å². The maximum atomic E-state index is 11.4. The first-order valence-corrected chi connectivity index (χ1v) is 7.37. The van der Waals surface area contributed by atoms with Gasteiger partial charge >= 0.3 is 5.97 Å². The third kappa shape index (κ3) is 3.33. The number of carbonyl (C=O) groups is 1. The van der Waals surface area contributed by atoms with E-state index in [0.29, 0.717) is 18.7 Å². The molecule has 0 aromatic heterocycles. The lowest BCUT2D eigenvalue weighted by molar-refractivity contribution is -0.133. The largest absolute Gasteiger partial charge is 0.478 e. The van der Waals surface area contributed by atoms with E-state index in [-0.39, 0.29) is 11.2 Å². The number of benzene rings is 1. The lowest BCUT2D eigenvalue weighted by Crippen LogP contribution is -2.57. The van der Waals surface area contributed by atoms with Crippen LogP contribution in [0.1, 0.15) is 38.1 Å². The maximum absolute atomic E-state index is 11.4. The van der Waals surface area contributed by atoms with E-state index in [9.17, 15) is 9.90 Å². The average molecular weight is 342 g/mol. The molecule has 1 saturated heterocycles. The Morgan fingerprint density at radius 2 is 1.80 bits per heavy atom. The van der Waals surface area contributed by atoms with E-state index in [1.165, 1.54) is 0 Å². The van der Waals surface area contributed by atoms with Crippen LogP contribution in [0.25, 0.3) is 0 Å². The fraction of sp³-hybridized carbons (Fsp3) is 0.533. The Morgan fingerprint density at radius 3 is 2.30 bits per heavy atom. The molecule has 2 rings (SSSR count). The first-order valence-electron chi connectivity index (χ1n) is 6.58. The Kier molecular flexibility index (Phi) is 3.86. The molecule has 0 radical (unpaired) electrons. The van der Waals surface area contributed by atoms with Gasteiger partial charge in [-0.15, -0.1) is 0 Å². The predicted molar refractivity (Wildman–Crippen MR) is 82.6 cm³/mol. The Labute approximate surface area is 127 Å². The summed E-state index contributed by atoms with van der Waals surface area (Å²) in [6.07, 6.45) is 0. The number of hydrogen-bond donors (Lipinski definition) is 1. The highest BCUT2D eigenvalue weighted by molar-refractivity contribution is 9.10. The zero-order valence-corrected chi connectivity index (χ0v) is 13.8. The van der Waals surface area contributed by atoms with Gasteiger partial charge in [-0.05, 0) is 45.9 Å². The number of morpholine rings is 1. The summed E-state index contributed by atoms with van der Waals surface area (Å²) in [5, 5.41) is 9.37. The number of nitrogens with zero attached hydrogens (tertiary/aromatic N) is 1. The fourth-order valence-electron chi connectivity index (χ4n) is 2.91. The van der Waals surface area contributed by atoms with Gasteiger partial charge in [0.25, 0.3) is 0 Å². The molecule has 0 unspecified atom stereocenters. The van der Waals surface area contributed by atoms with Crippen LogP contribution in [0.5, 0.6) is 0 Å². The number of halogens is 1. The number of carboxylic acids is 1. The van der Waals surface area contributed by atoms with Crippen LogP contribution in [-0.4, -0.2) is 35.4 Å². The van der Waals surface area contributed by atoms with Gasteiger partial charge < -0.3 is 14.7 Å². The molecule has 20 heavy (non-hydrogen) atoms. The summed E-state index contributed by atoms with van der Waals surface area (Å²) < 4.78 is 6.92. The molecule has 0 amide bonds. The number of hydrogen-bond acceptors (Lipinski definition) is 3. The highest BCUT2D eigenvalue weighted by Gasteiger charge is 2.39. The molecule has 1 aliphatic rings. The van der Waals surface area contributed by atoms with Crippen molar-refractivity contribution in [2.45, 2.75) is 38.9 Å². The van der Waals surface area contributed by atoms with Crippen molar-refractivity contribution < 1.29 is 14.6 Å². The molecule has 0 spiro atoms. The molecule has 5 heteroatoms. The third-order valence-corrected chi connectivity index (χ3v) is 3.72. The summed E-state index contributed by atoms with van der Waals surface area (Å²) in [4.78, 5) is 13.5. The minimum Gasteiger partial charge on any atom is -0.478 e. The summed E-state index contributed by atoms with van der Waals surface area (Å²) in [5.74, 6) is -0.908. The first kappa shape index (κ1) is 15.3. The first-order chi connectivity index (χ1) is 9.10. The number of anilines is 1. The summed E-state index contributed by atoms with van der Waals surface area (Å²) in [5.41, 5.74) is 0.415. The molecule has 1 fully saturated rings. The molecule has 1 aromatic carbocycles. The van der Waals surface area contributed by atoms with Gasteiger partial charge in [-0.2, -0.15) is 0 Å². The van der Waals surface area contributed by atoms with Gasteiger partial charge in [0.2, 0.25) is 0 Å². The lowest BCUT2D eigenvalue weighted by atomic mass is 9.97. The Morgan fingerprint density at radius 1 is 1.25 bits per heavy atom. The van der Waals surface area contributed by atoms with Crippen LogP contribution in [0, 0.1) is 0 Å².